The van der Waals surface area contributed by atoms with E-state index in [1.54, 1.807) is 0 Å². The Morgan fingerprint density at radius 2 is 1.17 bits per heavy atom. The summed E-state index contributed by atoms with van der Waals surface area (Å²) in [5.41, 5.74) is 8.26. The van der Waals surface area contributed by atoms with E-state index in [0.717, 1.165) is 19.3 Å². The molecule has 0 aromatic heterocycles. The molecule has 0 atom stereocenters. The van der Waals surface area contributed by atoms with Crippen molar-refractivity contribution in [2.24, 2.45) is 0 Å². The van der Waals surface area contributed by atoms with E-state index in [-0.39, 0.29) is 5.92 Å². The Morgan fingerprint density at radius 1 is 0.655 bits per heavy atom. The van der Waals surface area contributed by atoms with Crippen molar-refractivity contribution < 1.29 is 0 Å². The van der Waals surface area contributed by atoms with Gasteiger partial charge in [-0.15, -0.1) is 0 Å². The van der Waals surface area contributed by atoms with Gasteiger partial charge >= 0.3 is 0 Å². The van der Waals surface area contributed by atoms with Crippen LogP contribution in [0.2, 0.25) is 0 Å². The van der Waals surface area contributed by atoms with E-state index in [4.69, 9.17) is 0 Å². The minimum absolute atomic E-state index is 0.271. The van der Waals surface area contributed by atoms with E-state index >= 15 is 0 Å². The van der Waals surface area contributed by atoms with Gasteiger partial charge in [-0.2, -0.15) is 0 Å². The summed E-state index contributed by atoms with van der Waals surface area (Å²) in [5, 5.41) is 0. The molecule has 3 aromatic rings. The molecule has 0 aliphatic heterocycles. The van der Waals surface area contributed by atoms with Gasteiger partial charge < -0.3 is 0 Å². The predicted molar refractivity (Wildman–Crippen MR) is 126 cm³/mol. The van der Waals surface area contributed by atoms with Gasteiger partial charge in [0.05, 0.1) is 0 Å². The highest BCUT2D eigenvalue weighted by Gasteiger charge is 2.16. The number of allylic oxidation sites excluding steroid dienone is 4. The molecular formula is C29H32. The molecule has 0 radical (unpaired) electrons. The lowest BCUT2D eigenvalue weighted by Gasteiger charge is -2.19. The van der Waals surface area contributed by atoms with Crippen molar-refractivity contribution in [1.29, 1.82) is 0 Å². The van der Waals surface area contributed by atoms with E-state index in [1.807, 2.05) is 0 Å². The van der Waals surface area contributed by atoms with Crippen LogP contribution in [-0.2, 0) is 6.42 Å². The molecule has 0 heterocycles. The van der Waals surface area contributed by atoms with Gasteiger partial charge in [0.1, 0.15) is 0 Å². The van der Waals surface area contributed by atoms with Crippen LogP contribution in [0.25, 0.3) is 0 Å². The zero-order valence-corrected chi connectivity index (χ0v) is 17.9. The standard InChI is InChI=1S/C29H32/c1-23(2)11-10-12-24(3)17-18-25-19-21-28(22-20-25)29(26-13-6-4-7-14-26)27-15-8-5-9-16-27/h4-9,11,13-17,19-22,29H,10,12,18H2,1-3H3/b24-17+. The molecule has 0 aliphatic rings. The van der Waals surface area contributed by atoms with E-state index in [0.29, 0.717) is 0 Å². The summed E-state index contributed by atoms with van der Waals surface area (Å²) >= 11 is 0. The highest BCUT2D eigenvalue weighted by atomic mass is 14.2. The maximum absolute atomic E-state index is 2.37. The topological polar surface area (TPSA) is 0 Å². The van der Waals surface area contributed by atoms with Crippen LogP contribution < -0.4 is 0 Å². The van der Waals surface area contributed by atoms with Crippen molar-refractivity contribution >= 4 is 0 Å². The van der Waals surface area contributed by atoms with Gasteiger partial charge in [0.15, 0.2) is 0 Å². The first-order chi connectivity index (χ1) is 14.1. The lowest BCUT2D eigenvalue weighted by Crippen LogP contribution is -2.03. The minimum Gasteiger partial charge on any atom is -0.0856 e. The van der Waals surface area contributed by atoms with Crippen LogP contribution in [0.15, 0.2) is 108 Å². The van der Waals surface area contributed by atoms with Gasteiger partial charge in [-0.1, -0.05) is 108 Å². The van der Waals surface area contributed by atoms with E-state index in [2.05, 4.69) is 118 Å². The highest BCUT2D eigenvalue weighted by Crippen LogP contribution is 2.31. The Kier molecular flexibility index (Phi) is 7.64. The largest absolute Gasteiger partial charge is 0.0856 e. The lowest BCUT2D eigenvalue weighted by molar-refractivity contribution is 0.954. The summed E-state index contributed by atoms with van der Waals surface area (Å²) in [4.78, 5) is 0. The van der Waals surface area contributed by atoms with E-state index in [9.17, 15) is 0 Å². The fraction of sp³-hybridized carbons (Fsp3) is 0.241. The third kappa shape index (κ3) is 6.32. The first-order valence-corrected chi connectivity index (χ1v) is 10.6. The summed E-state index contributed by atoms with van der Waals surface area (Å²) in [5.74, 6) is 0.271. The maximum atomic E-state index is 2.37. The fourth-order valence-corrected chi connectivity index (χ4v) is 3.70. The molecule has 0 saturated heterocycles. The summed E-state index contributed by atoms with van der Waals surface area (Å²) in [7, 11) is 0. The SMILES string of the molecule is CC(C)=CCC/C(C)=C/Cc1ccc(C(c2ccccc2)c2ccccc2)cc1. The quantitative estimate of drug-likeness (QED) is 0.273. The van der Waals surface area contributed by atoms with E-state index in [1.165, 1.54) is 33.4 Å². The second-order valence-corrected chi connectivity index (χ2v) is 8.07. The molecule has 0 aliphatic carbocycles. The van der Waals surface area contributed by atoms with Crippen LogP contribution >= 0.6 is 0 Å². The molecule has 0 N–H and O–H groups in total. The Morgan fingerprint density at radius 3 is 1.69 bits per heavy atom. The second kappa shape index (κ2) is 10.6. The fourth-order valence-electron chi connectivity index (χ4n) is 3.70. The van der Waals surface area contributed by atoms with Crippen molar-refractivity contribution in [2.75, 3.05) is 0 Å². The van der Waals surface area contributed by atoms with Gasteiger partial charge in [0.2, 0.25) is 0 Å². The third-order valence-corrected chi connectivity index (χ3v) is 5.36. The smallest absolute Gasteiger partial charge is 0.0339 e. The minimum atomic E-state index is 0.271. The first kappa shape index (κ1) is 20.9. The third-order valence-electron chi connectivity index (χ3n) is 5.36. The van der Waals surface area contributed by atoms with Gasteiger partial charge in [-0.25, -0.2) is 0 Å². The van der Waals surface area contributed by atoms with Crippen molar-refractivity contribution in [3.63, 3.8) is 0 Å². The van der Waals surface area contributed by atoms with Crippen LogP contribution in [0, 0.1) is 0 Å². The molecule has 3 aromatic carbocycles. The summed E-state index contributed by atoms with van der Waals surface area (Å²) < 4.78 is 0. The summed E-state index contributed by atoms with van der Waals surface area (Å²) in [6.45, 7) is 6.57. The molecule has 0 nitrogen and oxygen atoms in total. The van der Waals surface area contributed by atoms with Crippen molar-refractivity contribution in [2.45, 2.75) is 46.0 Å². The zero-order valence-electron chi connectivity index (χ0n) is 17.9. The molecule has 29 heavy (non-hydrogen) atoms. The molecule has 148 valence electrons. The predicted octanol–water partition coefficient (Wildman–Crippen LogP) is 8.10. The second-order valence-electron chi connectivity index (χ2n) is 8.07. The van der Waals surface area contributed by atoms with Gasteiger partial charge in [-0.05, 0) is 62.3 Å². The first-order valence-electron chi connectivity index (χ1n) is 10.6. The number of benzene rings is 3. The van der Waals surface area contributed by atoms with Crippen LogP contribution in [0.3, 0.4) is 0 Å². The summed E-state index contributed by atoms with van der Waals surface area (Å²) in [6.07, 6.45) is 7.98. The Balaban J connectivity index is 1.75. The average Bonchev–Trinajstić information content (AvgIpc) is 2.75. The van der Waals surface area contributed by atoms with Crippen LogP contribution in [0.4, 0.5) is 0 Å². The van der Waals surface area contributed by atoms with Gasteiger partial charge in [0.25, 0.3) is 0 Å². The van der Waals surface area contributed by atoms with Crippen molar-refractivity contribution in [3.8, 4) is 0 Å². The Hall–Kier alpha value is -2.86. The summed E-state index contributed by atoms with van der Waals surface area (Å²) in [6, 6.07) is 30.8. The molecule has 0 fully saturated rings. The lowest BCUT2D eigenvalue weighted by atomic mass is 9.85. The number of rotatable bonds is 8. The van der Waals surface area contributed by atoms with Crippen LogP contribution in [0.5, 0.6) is 0 Å². The van der Waals surface area contributed by atoms with Crippen molar-refractivity contribution in [1.82, 2.24) is 0 Å². The Labute approximate surface area is 176 Å². The number of hydrogen-bond acceptors (Lipinski definition) is 0. The molecule has 3 rings (SSSR count). The Bertz CT molecular complexity index is 885. The highest BCUT2D eigenvalue weighted by molar-refractivity contribution is 5.43. The van der Waals surface area contributed by atoms with E-state index < -0.39 is 0 Å². The molecule has 0 bridgehead atoms. The molecule has 0 spiro atoms. The van der Waals surface area contributed by atoms with Gasteiger partial charge in [-0.3, -0.25) is 0 Å². The molecule has 0 heteroatoms. The number of hydrogen-bond donors (Lipinski definition) is 0. The average molecular weight is 381 g/mol. The van der Waals surface area contributed by atoms with Crippen molar-refractivity contribution in [3.05, 3.63) is 130 Å². The van der Waals surface area contributed by atoms with Crippen LogP contribution in [0.1, 0.15) is 61.8 Å². The van der Waals surface area contributed by atoms with Gasteiger partial charge in [0, 0.05) is 5.92 Å². The normalized spacial score (nSPS) is 11.5. The molecule has 0 amide bonds. The molecule has 0 unspecified atom stereocenters. The molecule has 0 saturated carbocycles. The molecular weight excluding hydrogens is 348 g/mol. The maximum Gasteiger partial charge on any atom is 0.0339 e. The zero-order chi connectivity index (χ0) is 20.5. The van der Waals surface area contributed by atoms with Crippen LogP contribution in [-0.4, -0.2) is 0 Å². The monoisotopic (exact) mass is 380 g/mol.